The second-order valence-corrected chi connectivity index (χ2v) is 40.6. The summed E-state index contributed by atoms with van der Waals surface area (Å²) in [5.41, 5.74) is -0.284. The molecule has 0 unspecified atom stereocenters. The molecule has 0 saturated heterocycles. The third-order valence-corrected chi connectivity index (χ3v) is 9.24. The topological polar surface area (TPSA) is 20.2 Å². The second-order valence-electron chi connectivity index (χ2n) is 10.9. The maximum atomic E-state index is 10.3. The van der Waals surface area contributed by atoms with Crippen molar-refractivity contribution in [2.45, 2.75) is 0 Å². The van der Waals surface area contributed by atoms with E-state index in [2.05, 4.69) is 60.0 Å². The van der Waals surface area contributed by atoms with Crippen LogP contribution in [-0.2, 0) is 0 Å². The molecule has 0 rings (SSSR count). The van der Waals surface area contributed by atoms with Gasteiger partial charge in [0.15, 0.2) is 0 Å². The monoisotopic (exact) mass is 418 g/mol. The Morgan fingerprint density at radius 2 is 0.810 bits per heavy atom. The average molecular weight is 420 g/mol. The van der Waals surface area contributed by atoms with E-state index in [-0.39, 0.29) is 12.0 Å². The molecule has 134 valence electrons. The van der Waals surface area contributed by atoms with Crippen molar-refractivity contribution in [3.8, 4) is 0 Å². The Hall–Kier alpha value is 2.12. The second kappa shape index (κ2) is 5.56. The molecule has 0 fully saturated rings. The van der Waals surface area contributed by atoms with Crippen molar-refractivity contribution in [2.24, 2.45) is 5.41 Å². The summed E-state index contributed by atoms with van der Waals surface area (Å²) in [6.07, 6.45) is 2.45. The molecule has 21 heavy (non-hydrogen) atoms. The fourth-order valence-corrected chi connectivity index (χ4v) is 14.3. The van der Waals surface area contributed by atoms with Crippen molar-refractivity contribution >= 4 is 51.6 Å². The van der Waals surface area contributed by atoms with Crippen LogP contribution in [0.15, 0.2) is 0 Å². The molecule has 1 nitrogen and oxygen atoms in total. The van der Waals surface area contributed by atoms with Gasteiger partial charge in [-0.3, -0.25) is 0 Å². The van der Waals surface area contributed by atoms with Crippen LogP contribution in [-0.4, -0.2) is 90.2 Å². The van der Waals surface area contributed by atoms with E-state index in [9.17, 15) is 5.11 Å². The Morgan fingerprint density at radius 3 is 0.905 bits per heavy atom. The van der Waals surface area contributed by atoms with Crippen LogP contribution in [0.4, 0.5) is 0 Å². The molecule has 0 heterocycles. The number of hydrogen-bond acceptors (Lipinski definition) is 1. The van der Waals surface area contributed by atoms with Crippen LogP contribution in [0.2, 0.25) is 0 Å². The SMILES string of the molecule is CP(C)(C)(Cl)CC(CO)(CP(C)(C)(C)Cl)CP(C)(C)(C)Cl. The van der Waals surface area contributed by atoms with E-state index < -0.39 is 17.9 Å². The van der Waals surface area contributed by atoms with E-state index in [1.165, 1.54) is 0 Å². The fraction of sp³-hybridized carbons (Fsp3) is 1.00. The van der Waals surface area contributed by atoms with Crippen LogP contribution in [0, 0.1) is 5.41 Å². The minimum absolute atomic E-state index is 0.105. The summed E-state index contributed by atoms with van der Waals surface area (Å²) >= 11 is 20.6. The Balaban J connectivity index is 5.86. The first-order valence-electron chi connectivity index (χ1n) is 7.21. The summed E-state index contributed by atoms with van der Waals surface area (Å²) in [6, 6.07) is 0. The van der Waals surface area contributed by atoms with Crippen LogP contribution in [0.5, 0.6) is 0 Å². The third kappa shape index (κ3) is 13.1. The molecule has 0 saturated carbocycles. The van der Waals surface area contributed by atoms with Crippen LogP contribution in [0.3, 0.4) is 0 Å². The van der Waals surface area contributed by atoms with Gasteiger partial charge in [0.2, 0.25) is 0 Å². The first kappa shape index (κ1) is 23.1. The van der Waals surface area contributed by atoms with Gasteiger partial charge in [-0.15, -0.1) is 0 Å². The molecule has 0 aromatic heterocycles. The molecule has 0 aliphatic heterocycles. The Labute approximate surface area is 147 Å². The zero-order valence-corrected chi connectivity index (χ0v) is 20.2. The molecular weight excluding hydrogens is 383 g/mol. The van der Waals surface area contributed by atoms with Gasteiger partial charge in [0.1, 0.15) is 0 Å². The van der Waals surface area contributed by atoms with Crippen molar-refractivity contribution in [1.82, 2.24) is 0 Å². The zero-order valence-electron chi connectivity index (χ0n) is 15.3. The van der Waals surface area contributed by atoms with Crippen LogP contribution in [0.25, 0.3) is 0 Å². The predicted octanol–water partition coefficient (Wildman–Crippen LogP) is 5.75. The van der Waals surface area contributed by atoms with E-state index in [0.717, 1.165) is 18.5 Å². The summed E-state index contributed by atoms with van der Waals surface area (Å²) in [4.78, 5) is 0. The van der Waals surface area contributed by atoms with Gasteiger partial charge < -0.3 is 0 Å². The summed E-state index contributed by atoms with van der Waals surface area (Å²) < 4.78 is 0. The average Bonchev–Trinajstić information content (AvgIpc) is 1.87. The van der Waals surface area contributed by atoms with Gasteiger partial charge in [-0.2, -0.15) is 0 Å². The molecule has 0 aliphatic rings. The quantitative estimate of drug-likeness (QED) is 0.521. The van der Waals surface area contributed by atoms with E-state index in [1.807, 2.05) is 0 Å². The number of aliphatic hydroxyl groups excluding tert-OH is 1. The maximum absolute atomic E-state index is 10.3. The number of halogens is 3. The Morgan fingerprint density at radius 1 is 0.619 bits per heavy atom. The van der Waals surface area contributed by atoms with Gasteiger partial charge in [-0.1, -0.05) is 0 Å². The molecule has 0 spiro atoms. The van der Waals surface area contributed by atoms with Crippen molar-refractivity contribution < 1.29 is 5.11 Å². The van der Waals surface area contributed by atoms with Crippen molar-refractivity contribution in [3.63, 3.8) is 0 Å². The first-order valence-corrected chi connectivity index (χ1v) is 21.2. The fourth-order valence-electron chi connectivity index (χ4n) is 3.70. The minimum atomic E-state index is -2.31. The summed E-state index contributed by atoms with van der Waals surface area (Å²) in [5.74, 6) is -6.94. The van der Waals surface area contributed by atoms with Crippen LogP contribution in [0.1, 0.15) is 0 Å². The van der Waals surface area contributed by atoms with Gasteiger partial charge in [-0.25, -0.2) is 0 Å². The third-order valence-electron chi connectivity index (χ3n) is 2.94. The van der Waals surface area contributed by atoms with Gasteiger partial charge in [-0.05, 0) is 0 Å². The molecule has 1 N–H and O–H groups in total. The molecule has 0 amide bonds. The molecule has 0 radical (unpaired) electrons. The molecular formula is C14H36Cl3OP3. The number of hydrogen-bond donors (Lipinski definition) is 1. The zero-order chi connectivity index (χ0) is 17.7. The molecule has 7 heteroatoms. The summed E-state index contributed by atoms with van der Waals surface area (Å²) in [6.45, 7) is 19.4. The van der Waals surface area contributed by atoms with Gasteiger partial charge >= 0.3 is 147 Å². The van der Waals surface area contributed by atoms with E-state index >= 15 is 0 Å². The molecule has 0 aromatic carbocycles. The van der Waals surface area contributed by atoms with Crippen LogP contribution >= 0.6 is 51.6 Å². The van der Waals surface area contributed by atoms with Crippen molar-refractivity contribution in [2.75, 3.05) is 85.1 Å². The molecule has 0 aliphatic carbocycles. The Kier molecular flexibility index (Phi) is 6.12. The Bertz CT molecular complexity index is 323. The van der Waals surface area contributed by atoms with E-state index in [4.69, 9.17) is 33.7 Å². The summed E-state index contributed by atoms with van der Waals surface area (Å²) in [5, 5.41) is 10.3. The van der Waals surface area contributed by atoms with Crippen molar-refractivity contribution in [1.29, 1.82) is 0 Å². The van der Waals surface area contributed by atoms with Crippen LogP contribution < -0.4 is 0 Å². The van der Waals surface area contributed by atoms with Crippen molar-refractivity contribution in [3.05, 3.63) is 0 Å². The molecule has 0 bridgehead atoms. The number of rotatable bonds is 7. The normalized spacial score (nSPS) is 23.0. The number of aliphatic hydroxyl groups is 1. The first-order chi connectivity index (χ1) is 8.44. The van der Waals surface area contributed by atoms with Gasteiger partial charge in [0.05, 0.1) is 0 Å². The van der Waals surface area contributed by atoms with E-state index in [0.29, 0.717) is 0 Å². The predicted molar refractivity (Wildman–Crippen MR) is 116 cm³/mol. The van der Waals surface area contributed by atoms with Gasteiger partial charge in [0, 0.05) is 0 Å². The molecule has 0 aromatic rings. The molecule has 0 atom stereocenters. The van der Waals surface area contributed by atoms with E-state index in [1.54, 1.807) is 0 Å². The van der Waals surface area contributed by atoms with Gasteiger partial charge in [0.25, 0.3) is 0 Å². The standard InChI is InChI=1S/C14H36Cl3OP3/c1-19(2,3,15)11-14(10-18,12-20(4,5,6)16)13-21(7,8,9)17/h18H,10-13H2,1-9H3. The summed E-state index contributed by atoms with van der Waals surface area (Å²) in [7, 11) is 0.